The van der Waals surface area contributed by atoms with E-state index < -0.39 is 0 Å². The molecular weight excluding hydrogens is 259 g/mol. The normalized spacial score (nSPS) is 9.21. The molecule has 1 aromatic heterocycles. The van der Waals surface area contributed by atoms with Crippen LogP contribution in [0.5, 0.6) is 0 Å². The third kappa shape index (κ3) is 2.49. The summed E-state index contributed by atoms with van der Waals surface area (Å²) in [5, 5.41) is 0. The van der Waals surface area contributed by atoms with Gasteiger partial charge in [-0.1, -0.05) is 35.9 Å². The van der Waals surface area contributed by atoms with Gasteiger partial charge in [0.05, 0.1) is 5.69 Å². The van der Waals surface area contributed by atoms with Crippen molar-refractivity contribution in [1.82, 2.24) is 4.98 Å². The van der Waals surface area contributed by atoms with Gasteiger partial charge in [-0.3, -0.25) is 4.98 Å². The first-order valence-corrected chi connectivity index (χ1v) is 4.34. The molecule has 0 bridgehead atoms. The molecule has 0 unspecified atom stereocenters. The molecule has 1 nitrogen and oxygen atoms in total. The average molecular weight is 270 g/mol. The first-order valence-electron chi connectivity index (χ1n) is 4.34. The molecule has 0 atom stereocenters. The third-order valence-electron chi connectivity index (χ3n) is 2.01. The van der Waals surface area contributed by atoms with Crippen LogP contribution in [0.25, 0.3) is 11.3 Å². The van der Waals surface area contributed by atoms with Gasteiger partial charge in [-0.15, -0.1) is 0 Å². The molecule has 0 fully saturated rings. The molecule has 0 aliphatic carbocycles. The SMILES string of the molecule is Cc1ccc(-c2ccccn2)cc1.[Ru+3]. The van der Waals surface area contributed by atoms with Crippen molar-refractivity contribution in [3.8, 4) is 11.3 Å². The van der Waals surface area contributed by atoms with E-state index in [1.54, 1.807) is 0 Å². The molecule has 2 heteroatoms. The summed E-state index contributed by atoms with van der Waals surface area (Å²) in [6, 6.07) is 14.3. The maximum Gasteiger partial charge on any atom is 3.00 e. The molecule has 14 heavy (non-hydrogen) atoms. The van der Waals surface area contributed by atoms with E-state index in [2.05, 4.69) is 36.2 Å². The van der Waals surface area contributed by atoms with E-state index in [4.69, 9.17) is 0 Å². The quantitative estimate of drug-likeness (QED) is 0.726. The van der Waals surface area contributed by atoms with E-state index in [1.165, 1.54) is 11.1 Å². The molecule has 0 saturated heterocycles. The predicted octanol–water partition coefficient (Wildman–Crippen LogP) is 3.05. The Morgan fingerprint density at radius 1 is 0.929 bits per heavy atom. The molecular formula is C12H11NRu+3. The largest absolute Gasteiger partial charge is 3.00 e. The Kier molecular flexibility index (Phi) is 3.97. The van der Waals surface area contributed by atoms with Gasteiger partial charge in [0.2, 0.25) is 0 Å². The van der Waals surface area contributed by atoms with Gasteiger partial charge in [-0.25, -0.2) is 0 Å². The van der Waals surface area contributed by atoms with Crippen LogP contribution < -0.4 is 0 Å². The number of benzene rings is 1. The van der Waals surface area contributed by atoms with Gasteiger partial charge >= 0.3 is 19.5 Å². The minimum atomic E-state index is 0. The van der Waals surface area contributed by atoms with Crippen LogP contribution in [0.15, 0.2) is 48.7 Å². The summed E-state index contributed by atoms with van der Waals surface area (Å²) >= 11 is 0. The number of aromatic nitrogens is 1. The minimum Gasteiger partial charge on any atom is -0.256 e. The van der Waals surface area contributed by atoms with E-state index in [0.29, 0.717) is 0 Å². The monoisotopic (exact) mass is 271 g/mol. The number of hydrogen-bond acceptors (Lipinski definition) is 1. The first kappa shape index (κ1) is 11.1. The summed E-state index contributed by atoms with van der Waals surface area (Å²) < 4.78 is 0. The molecule has 1 aromatic carbocycles. The van der Waals surface area contributed by atoms with Gasteiger partial charge in [0.15, 0.2) is 0 Å². The zero-order chi connectivity index (χ0) is 9.10. The summed E-state index contributed by atoms with van der Waals surface area (Å²) in [4.78, 5) is 4.28. The molecule has 0 N–H and O–H groups in total. The van der Waals surface area contributed by atoms with Crippen LogP contribution in [0, 0.1) is 6.92 Å². The summed E-state index contributed by atoms with van der Waals surface area (Å²) in [7, 11) is 0. The summed E-state index contributed by atoms with van der Waals surface area (Å²) in [5.74, 6) is 0. The van der Waals surface area contributed by atoms with Crippen LogP contribution in [0.1, 0.15) is 5.56 Å². The van der Waals surface area contributed by atoms with Crippen molar-refractivity contribution < 1.29 is 19.5 Å². The molecule has 69 valence electrons. The van der Waals surface area contributed by atoms with Crippen LogP contribution >= 0.6 is 0 Å². The van der Waals surface area contributed by atoms with Crippen molar-refractivity contribution in [1.29, 1.82) is 0 Å². The molecule has 2 aromatic rings. The predicted molar refractivity (Wildman–Crippen MR) is 54.4 cm³/mol. The van der Waals surface area contributed by atoms with E-state index in [1.807, 2.05) is 24.4 Å². The van der Waals surface area contributed by atoms with Crippen molar-refractivity contribution in [3.05, 3.63) is 54.2 Å². The third-order valence-corrected chi connectivity index (χ3v) is 2.01. The molecule has 1 heterocycles. The minimum absolute atomic E-state index is 0. The van der Waals surface area contributed by atoms with Gasteiger partial charge in [-0.2, -0.15) is 0 Å². The first-order chi connectivity index (χ1) is 6.36. The zero-order valence-corrected chi connectivity index (χ0v) is 9.66. The summed E-state index contributed by atoms with van der Waals surface area (Å²) in [6.07, 6.45) is 1.81. The van der Waals surface area contributed by atoms with Crippen LogP contribution in [-0.2, 0) is 19.5 Å². The molecule has 0 amide bonds. The Morgan fingerprint density at radius 2 is 1.64 bits per heavy atom. The standard InChI is InChI=1S/C12H11N.Ru/c1-10-5-7-11(8-6-10)12-4-2-3-9-13-12;/h2-9H,1H3;/q;+3. The fraction of sp³-hybridized carbons (Fsp3) is 0.0833. The van der Waals surface area contributed by atoms with E-state index >= 15 is 0 Å². The maximum absolute atomic E-state index is 4.28. The molecule has 2 rings (SSSR count). The topological polar surface area (TPSA) is 12.9 Å². The van der Waals surface area contributed by atoms with Crippen molar-refractivity contribution >= 4 is 0 Å². The van der Waals surface area contributed by atoms with Crippen molar-refractivity contribution in [2.24, 2.45) is 0 Å². The molecule has 0 aliphatic rings. The van der Waals surface area contributed by atoms with Crippen molar-refractivity contribution in [3.63, 3.8) is 0 Å². The van der Waals surface area contributed by atoms with Crippen molar-refractivity contribution in [2.75, 3.05) is 0 Å². The van der Waals surface area contributed by atoms with Crippen LogP contribution in [0.3, 0.4) is 0 Å². The maximum atomic E-state index is 4.28. The van der Waals surface area contributed by atoms with E-state index in [9.17, 15) is 0 Å². The van der Waals surface area contributed by atoms with Gasteiger partial charge in [0, 0.05) is 11.8 Å². The number of rotatable bonds is 1. The molecule has 1 radical (unpaired) electrons. The van der Waals surface area contributed by atoms with Crippen LogP contribution in [-0.4, -0.2) is 4.98 Å². The molecule has 0 aliphatic heterocycles. The van der Waals surface area contributed by atoms with Gasteiger partial charge in [0.25, 0.3) is 0 Å². The fourth-order valence-electron chi connectivity index (χ4n) is 1.26. The Bertz CT molecular complexity index is 381. The molecule has 0 saturated carbocycles. The number of hydrogen-bond donors (Lipinski definition) is 0. The van der Waals surface area contributed by atoms with Gasteiger partial charge < -0.3 is 0 Å². The smallest absolute Gasteiger partial charge is 0.256 e. The van der Waals surface area contributed by atoms with Gasteiger partial charge in [0.1, 0.15) is 0 Å². The second-order valence-corrected chi connectivity index (χ2v) is 3.08. The zero-order valence-electron chi connectivity index (χ0n) is 7.92. The number of nitrogens with zero attached hydrogens (tertiary/aromatic N) is 1. The fourth-order valence-corrected chi connectivity index (χ4v) is 1.26. The summed E-state index contributed by atoms with van der Waals surface area (Å²) in [6.45, 7) is 2.09. The van der Waals surface area contributed by atoms with Crippen LogP contribution in [0.4, 0.5) is 0 Å². The second-order valence-electron chi connectivity index (χ2n) is 3.08. The van der Waals surface area contributed by atoms with E-state index in [-0.39, 0.29) is 19.5 Å². The Morgan fingerprint density at radius 3 is 2.21 bits per heavy atom. The Labute approximate surface area is 97.0 Å². The van der Waals surface area contributed by atoms with Crippen LogP contribution in [0.2, 0.25) is 0 Å². The average Bonchev–Trinajstić information content (AvgIpc) is 2.20. The van der Waals surface area contributed by atoms with E-state index in [0.717, 1.165) is 5.69 Å². The Hall–Kier alpha value is -1.01. The second kappa shape index (κ2) is 5.02. The van der Waals surface area contributed by atoms with Gasteiger partial charge in [-0.05, 0) is 19.1 Å². The van der Waals surface area contributed by atoms with Crippen molar-refractivity contribution in [2.45, 2.75) is 6.92 Å². The molecule has 0 spiro atoms. The number of pyridine rings is 1. The summed E-state index contributed by atoms with van der Waals surface area (Å²) in [5.41, 5.74) is 3.48. The number of aryl methyl sites for hydroxylation is 1. The Balaban J connectivity index is 0.000000980.